The first-order valence-electron chi connectivity index (χ1n) is 4.21. The molecule has 3 nitrogen and oxygen atoms in total. The molecule has 0 saturated heterocycles. The van der Waals surface area contributed by atoms with Gasteiger partial charge < -0.3 is 0 Å². The molecule has 0 aliphatic carbocycles. The van der Waals surface area contributed by atoms with Gasteiger partial charge in [0.05, 0.1) is 11.9 Å². The third kappa shape index (κ3) is 5.43. The maximum absolute atomic E-state index is 10.8. The molecule has 0 spiro atoms. The molecule has 1 rings (SSSR count). The molecule has 5 heteroatoms. The monoisotopic (exact) mass is 327 g/mol. The van der Waals surface area contributed by atoms with Gasteiger partial charge >= 0.3 is 0 Å². The highest BCUT2D eigenvalue weighted by Crippen LogP contribution is 2.17. The van der Waals surface area contributed by atoms with Crippen LogP contribution in [0.15, 0.2) is 24.3 Å². The largest absolute Gasteiger partial charge is 0.283 e. The van der Waals surface area contributed by atoms with E-state index in [0.29, 0.717) is 5.69 Å². The van der Waals surface area contributed by atoms with Crippen LogP contribution in [0.3, 0.4) is 0 Å². The molecule has 0 unspecified atom stereocenters. The molecular weight excluding hydrogens is 313 g/mol. The molecule has 0 atom stereocenters. The number of hydrogen-bond acceptors (Lipinski definition) is 2. The van der Waals surface area contributed by atoms with Crippen LogP contribution in [0.1, 0.15) is 13.8 Å². The first-order chi connectivity index (χ1) is 6.49. The summed E-state index contributed by atoms with van der Waals surface area (Å²) in [6.07, 6.45) is 1.14. The molecule has 1 aromatic rings. The van der Waals surface area contributed by atoms with Crippen molar-refractivity contribution in [1.29, 1.82) is 0 Å². The van der Waals surface area contributed by atoms with Crippen LogP contribution in [-0.2, 0) is 10.0 Å². The quantitative estimate of drug-likeness (QED) is 0.849. The zero-order valence-electron chi connectivity index (χ0n) is 8.41. The summed E-state index contributed by atoms with van der Waals surface area (Å²) in [6.45, 7) is 4.00. The minimum atomic E-state index is -3.15. The van der Waals surface area contributed by atoms with Gasteiger partial charge in [0.2, 0.25) is 10.0 Å². The molecule has 0 bridgehead atoms. The van der Waals surface area contributed by atoms with Crippen molar-refractivity contribution in [3.63, 3.8) is 0 Å². The van der Waals surface area contributed by atoms with E-state index >= 15 is 0 Å². The average molecular weight is 327 g/mol. The summed E-state index contributed by atoms with van der Waals surface area (Å²) in [6, 6.07) is 7.21. The van der Waals surface area contributed by atoms with E-state index in [1.54, 1.807) is 12.1 Å². The summed E-state index contributed by atoms with van der Waals surface area (Å²) in [5.41, 5.74) is 0.626. The SMILES string of the molecule is CC.CS(=O)(=O)Nc1ccccc1I. The van der Waals surface area contributed by atoms with Crippen LogP contribution in [0.25, 0.3) is 0 Å². The van der Waals surface area contributed by atoms with Crippen LogP contribution in [0, 0.1) is 3.57 Å². The van der Waals surface area contributed by atoms with Crippen LogP contribution in [0.2, 0.25) is 0 Å². The van der Waals surface area contributed by atoms with E-state index in [2.05, 4.69) is 27.3 Å². The lowest BCUT2D eigenvalue weighted by molar-refractivity contribution is 0.607. The Morgan fingerprint density at radius 3 is 2.14 bits per heavy atom. The van der Waals surface area contributed by atoms with Crippen molar-refractivity contribution >= 4 is 38.3 Å². The number of sulfonamides is 1. The minimum Gasteiger partial charge on any atom is -0.283 e. The average Bonchev–Trinajstić information content (AvgIpc) is 2.10. The van der Waals surface area contributed by atoms with E-state index in [1.807, 2.05) is 26.0 Å². The van der Waals surface area contributed by atoms with E-state index in [0.717, 1.165) is 9.83 Å². The number of nitrogens with one attached hydrogen (secondary N) is 1. The van der Waals surface area contributed by atoms with Crippen molar-refractivity contribution < 1.29 is 8.42 Å². The first kappa shape index (κ1) is 13.7. The molecule has 0 aliphatic rings. The Balaban J connectivity index is 0.000000791. The number of benzene rings is 1. The van der Waals surface area contributed by atoms with Crippen molar-refractivity contribution in [3.8, 4) is 0 Å². The van der Waals surface area contributed by atoms with Gasteiger partial charge in [0.15, 0.2) is 0 Å². The summed E-state index contributed by atoms with van der Waals surface area (Å²) in [4.78, 5) is 0. The molecule has 0 aliphatic heterocycles. The molecule has 0 heterocycles. The van der Waals surface area contributed by atoms with Gasteiger partial charge in [0, 0.05) is 3.57 Å². The van der Waals surface area contributed by atoms with Crippen LogP contribution in [0.5, 0.6) is 0 Å². The third-order valence-corrected chi connectivity index (χ3v) is 2.70. The zero-order valence-corrected chi connectivity index (χ0v) is 11.4. The van der Waals surface area contributed by atoms with Gasteiger partial charge in [0.1, 0.15) is 0 Å². The lowest BCUT2D eigenvalue weighted by atomic mass is 10.3. The number of hydrogen-bond donors (Lipinski definition) is 1. The standard InChI is InChI=1S/C7H8INO2S.C2H6/c1-12(10,11)9-7-5-3-2-4-6(7)8;1-2/h2-5,9H,1H3;1-2H3. The fourth-order valence-electron chi connectivity index (χ4n) is 0.744. The van der Waals surface area contributed by atoms with Gasteiger partial charge in [-0.25, -0.2) is 8.42 Å². The molecule has 0 radical (unpaired) electrons. The van der Waals surface area contributed by atoms with E-state index < -0.39 is 10.0 Å². The van der Waals surface area contributed by atoms with Crippen molar-refractivity contribution in [2.75, 3.05) is 11.0 Å². The molecule has 0 amide bonds. The van der Waals surface area contributed by atoms with Gasteiger partial charge in [-0.05, 0) is 34.7 Å². The fraction of sp³-hybridized carbons (Fsp3) is 0.333. The van der Waals surface area contributed by atoms with Gasteiger partial charge in [-0.1, -0.05) is 26.0 Å². The summed E-state index contributed by atoms with van der Waals surface area (Å²) in [7, 11) is -3.15. The molecule has 1 aromatic carbocycles. The Hall–Kier alpha value is -0.300. The van der Waals surface area contributed by atoms with Gasteiger partial charge in [0.25, 0.3) is 0 Å². The van der Waals surface area contributed by atoms with E-state index in [1.165, 1.54) is 0 Å². The molecule has 0 fully saturated rings. The number of halogens is 1. The van der Waals surface area contributed by atoms with Crippen LogP contribution in [-0.4, -0.2) is 14.7 Å². The lowest BCUT2D eigenvalue weighted by Crippen LogP contribution is -2.10. The highest BCUT2D eigenvalue weighted by Gasteiger charge is 2.03. The molecule has 0 saturated carbocycles. The van der Waals surface area contributed by atoms with Crippen molar-refractivity contribution in [3.05, 3.63) is 27.8 Å². The first-order valence-corrected chi connectivity index (χ1v) is 7.18. The zero-order chi connectivity index (χ0) is 11.2. The topological polar surface area (TPSA) is 46.2 Å². The predicted octanol–water partition coefficient (Wildman–Crippen LogP) is 2.69. The highest BCUT2D eigenvalue weighted by atomic mass is 127. The van der Waals surface area contributed by atoms with Crippen molar-refractivity contribution in [1.82, 2.24) is 0 Å². The Labute approximate surface area is 99.1 Å². The molecule has 0 aromatic heterocycles. The summed E-state index contributed by atoms with van der Waals surface area (Å²) >= 11 is 2.07. The molecular formula is C9H14INO2S. The highest BCUT2D eigenvalue weighted by molar-refractivity contribution is 14.1. The maximum Gasteiger partial charge on any atom is 0.229 e. The predicted molar refractivity (Wildman–Crippen MR) is 69.0 cm³/mol. The van der Waals surface area contributed by atoms with Crippen LogP contribution in [0.4, 0.5) is 5.69 Å². The smallest absolute Gasteiger partial charge is 0.229 e. The van der Waals surface area contributed by atoms with E-state index in [9.17, 15) is 8.42 Å². The fourth-order valence-corrected chi connectivity index (χ4v) is 2.03. The van der Waals surface area contributed by atoms with Gasteiger partial charge in [-0.3, -0.25) is 4.72 Å². The van der Waals surface area contributed by atoms with Gasteiger partial charge in [-0.15, -0.1) is 0 Å². The second-order valence-electron chi connectivity index (χ2n) is 2.35. The normalized spacial score (nSPS) is 10.0. The van der Waals surface area contributed by atoms with Crippen LogP contribution >= 0.6 is 22.6 Å². The summed E-state index contributed by atoms with van der Waals surface area (Å²) < 4.78 is 25.0. The molecule has 80 valence electrons. The maximum atomic E-state index is 10.8. The Morgan fingerprint density at radius 2 is 1.71 bits per heavy atom. The molecule has 14 heavy (non-hydrogen) atoms. The Kier molecular flexibility index (Phi) is 6.10. The summed E-state index contributed by atoms with van der Waals surface area (Å²) in [5, 5.41) is 0. The van der Waals surface area contributed by atoms with Crippen molar-refractivity contribution in [2.45, 2.75) is 13.8 Å². The van der Waals surface area contributed by atoms with Crippen LogP contribution < -0.4 is 4.72 Å². The molecule has 1 N–H and O–H groups in total. The number of para-hydroxylation sites is 1. The third-order valence-electron chi connectivity index (χ3n) is 1.17. The Bertz CT molecular complexity index is 376. The van der Waals surface area contributed by atoms with Crippen molar-refractivity contribution in [2.24, 2.45) is 0 Å². The van der Waals surface area contributed by atoms with Gasteiger partial charge in [-0.2, -0.15) is 0 Å². The van der Waals surface area contributed by atoms with E-state index in [4.69, 9.17) is 0 Å². The Morgan fingerprint density at radius 1 is 1.21 bits per heavy atom. The number of anilines is 1. The minimum absolute atomic E-state index is 0.626. The number of rotatable bonds is 2. The van der Waals surface area contributed by atoms with E-state index in [-0.39, 0.29) is 0 Å². The lowest BCUT2D eigenvalue weighted by Gasteiger charge is -2.04. The second kappa shape index (κ2) is 6.23. The second-order valence-corrected chi connectivity index (χ2v) is 5.26. The summed E-state index contributed by atoms with van der Waals surface area (Å²) in [5.74, 6) is 0.